The minimum atomic E-state index is -3.73. The lowest BCUT2D eigenvalue weighted by Crippen LogP contribution is -2.47. The molecule has 1 aromatic heterocycles. The van der Waals surface area contributed by atoms with Crippen LogP contribution in [0.4, 0.5) is 0 Å². The van der Waals surface area contributed by atoms with Crippen LogP contribution < -0.4 is 9.46 Å². The lowest BCUT2D eigenvalue weighted by molar-refractivity contribution is 0.0776. The third kappa shape index (κ3) is 3.27. The lowest BCUT2D eigenvalue weighted by Gasteiger charge is -2.37. The molecule has 2 fully saturated rings. The number of ether oxygens (including phenoxy) is 1. The Labute approximate surface area is 175 Å². The molecule has 10 heteroatoms. The van der Waals surface area contributed by atoms with Gasteiger partial charge in [0.2, 0.25) is 10.0 Å². The molecule has 2 aliphatic heterocycles. The van der Waals surface area contributed by atoms with Crippen molar-refractivity contribution in [3.05, 3.63) is 35.7 Å². The minimum Gasteiger partial charge on any atom is -0.492 e. The number of likely N-dealkylation sites (tertiary alicyclic amines) is 1. The molecular weight excluding hydrogens is 406 g/mol. The van der Waals surface area contributed by atoms with Gasteiger partial charge >= 0.3 is 0 Å². The summed E-state index contributed by atoms with van der Waals surface area (Å²) in [5.74, 6) is 1.08. The fraction of sp³-hybridized carbons (Fsp3) is 0.550. The Balaban J connectivity index is 1.38. The number of aromatic amines is 1. The molecule has 5 rings (SSSR count). The van der Waals surface area contributed by atoms with Crippen molar-refractivity contribution >= 4 is 15.9 Å². The number of sulfonamides is 1. The van der Waals surface area contributed by atoms with Crippen molar-refractivity contribution in [2.24, 2.45) is 17.8 Å². The molecule has 3 aliphatic rings. The van der Waals surface area contributed by atoms with E-state index in [0.29, 0.717) is 37.1 Å². The first kappa shape index (κ1) is 19.5. The van der Waals surface area contributed by atoms with Gasteiger partial charge < -0.3 is 9.64 Å². The van der Waals surface area contributed by atoms with Crippen molar-refractivity contribution in [3.8, 4) is 5.75 Å². The summed E-state index contributed by atoms with van der Waals surface area (Å²) >= 11 is 0. The average molecular weight is 432 g/mol. The van der Waals surface area contributed by atoms with Crippen LogP contribution in [0.15, 0.2) is 29.3 Å². The van der Waals surface area contributed by atoms with Gasteiger partial charge in [-0.15, -0.1) is 5.10 Å². The molecule has 2 N–H and O–H groups in total. The number of aromatic nitrogens is 3. The van der Waals surface area contributed by atoms with Gasteiger partial charge in [0.15, 0.2) is 0 Å². The molecule has 4 atom stereocenters. The number of carbonyl (C=O) groups is 1. The van der Waals surface area contributed by atoms with Crippen molar-refractivity contribution in [2.75, 3.05) is 19.7 Å². The summed E-state index contributed by atoms with van der Waals surface area (Å²) in [7, 11) is -3.73. The molecule has 160 valence electrons. The van der Waals surface area contributed by atoms with Gasteiger partial charge in [0.25, 0.3) is 5.91 Å². The highest BCUT2D eigenvalue weighted by molar-refractivity contribution is 7.89. The molecule has 0 spiro atoms. The molecule has 2 aromatic rings. The van der Waals surface area contributed by atoms with E-state index in [4.69, 9.17) is 4.74 Å². The topological polar surface area (TPSA) is 117 Å². The Morgan fingerprint density at radius 1 is 1.27 bits per heavy atom. The molecule has 0 unspecified atom stereocenters. The van der Waals surface area contributed by atoms with E-state index in [0.717, 1.165) is 24.8 Å². The van der Waals surface area contributed by atoms with Gasteiger partial charge in [-0.25, -0.2) is 13.1 Å². The van der Waals surface area contributed by atoms with Crippen molar-refractivity contribution < 1.29 is 17.9 Å². The predicted molar refractivity (Wildman–Crippen MR) is 107 cm³/mol. The fourth-order valence-electron chi connectivity index (χ4n) is 5.20. The number of amides is 1. The number of rotatable bonds is 4. The number of H-pyrrole nitrogens is 1. The van der Waals surface area contributed by atoms with Crippen LogP contribution in [0.2, 0.25) is 0 Å². The number of hydrogen-bond donors (Lipinski definition) is 2. The molecular formula is C20H25N5O4S. The van der Waals surface area contributed by atoms with Crippen molar-refractivity contribution in [1.29, 1.82) is 0 Å². The van der Waals surface area contributed by atoms with Crippen LogP contribution >= 0.6 is 0 Å². The molecule has 0 radical (unpaired) electrons. The number of fused-ring (bicyclic) bond motifs is 2. The average Bonchev–Trinajstić information content (AvgIpc) is 3.48. The van der Waals surface area contributed by atoms with E-state index in [1.54, 1.807) is 17.0 Å². The molecule has 0 bridgehead atoms. The van der Waals surface area contributed by atoms with Gasteiger partial charge in [0, 0.05) is 25.6 Å². The number of nitrogens with zero attached hydrogens (tertiary/aromatic N) is 3. The van der Waals surface area contributed by atoms with Crippen LogP contribution in [0.3, 0.4) is 0 Å². The van der Waals surface area contributed by atoms with Gasteiger partial charge in [-0.05, 0) is 42.2 Å². The fourth-order valence-corrected chi connectivity index (χ4v) is 6.71. The summed E-state index contributed by atoms with van der Waals surface area (Å²) in [6.45, 7) is 3.83. The van der Waals surface area contributed by atoms with Crippen LogP contribution in [-0.4, -0.2) is 60.4 Å². The molecule has 30 heavy (non-hydrogen) atoms. The monoisotopic (exact) mass is 431 g/mol. The molecule has 1 saturated carbocycles. The SMILES string of the molecule is C[C@@H]1CC[C@H](NS(=O)(=O)c2cccc3c2OCC3)[C@@H]2CN(C(=O)c3cnn[nH]3)C[C@@H]21. The maximum atomic E-state index is 13.2. The Kier molecular flexibility index (Phi) is 4.78. The first-order chi connectivity index (χ1) is 14.4. The minimum absolute atomic E-state index is 0.0704. The zero-order valence-electron chi connectivity index (χ0n) is 16.7. The lowest BCUT2D eigenvalue weighted by atomic mass is 9.72. The van der Waals surface area contributed by atoms with Crippen LogP contribution in [0, 0.1) is 17.8 Å². The van der Waals surface area contributed by atoms with Crippen LogP contribution in [0.5, 0.6) is 5.75 Å². The largest absolute Gasteiger partial charge is 0.492 e. The summed E-state index contributed by atoms with van der Waals surface area (Å²) in [4.78, 5) is 14.8. The van der Waals surface area contributed by atoms with E-state index in [1.165, 1.54) is 6.20 Å². The maximum Gasteiger partial charge on any atom is 0.273 e. The molecule has 1 amide bonds. The zero-order valence-corrected chi connectivity index (χ0v) is 17.6. The van der Waals surface area contributed by atoms with Crippen LogP contribution in [-0.2, 0) is 16.4 Å². The molecule has 1 aromatic carbocycles. The first-order valence-electron chi connectivity index (χ1n) is 10.4. The van der Waals surface area contributed by atoms with Gasteiger partial charge in [-0.3, -0.25) is 9.89 Å². The summed E-state index contributed by atoms with van der Waals surface area (Å²) in [5, 5.41) is 9.93. The highest BCUT2D eigenvalue weighted by atomic mass is 32.2. The van der Waals surface area contributed by atoms with Crippen molar-refractivity contribution in [3.63, 3.8) is 0 Å². The maximum absolute atomic E-state index is 13.2. The smallest absolute Gasteiger partial charge is 0.273 e. The van der Waals surface area contributed by atoms with Gasteiger partial charge in [0.1, 0.15) is 16.3 Å². The van der Waals surface area contributed by atoms with E-state index in [2.05, 4.69) is 27.1 Å². The number of benzene rings is 1. The normalized spacial score (nSPS) is 28.1. The number of nitrogens with one attached hydrogen (secondary N) is 2. The van der Waals surface area contributed by atoms with E-state index >= 15 is 0 Å². The number of hydrogen-bond acceptors (Lipinski definition) is 6. The second-order valence-corrected chi connectivity index (χ2v) is 10.2. The predicted octanol–water partition coefficient (Wildman–Crippen LogP) is 1.20. The van der Waals surface area contributed by atoms with Gasteiger partial charge in [-0.2, -0.15) is 0 Å². The standard InChI is InChI=1S/C20H25N5O4S/c1-12-5-6-16(15-11-25(10-14(12)15)20(26)17-9-21-24-22-17)23-30(27,28)18-4-2-3-13-7-8-29-19(13)18/h2-4,9,12,14-16,23H,5-8,10-11H2,1H3,(H,21,22,24)/t12-,14-,15-,16+/m1/s1. The van der Waals surface area contributed by atoms with Gasteiger partial charge in [0.05, 0.1) is 12.8 Å². The number of carbonyl (C=O) groups excluding carboxylic acids is 1. The highest BCUT2D eigenvalue weighted by Gasteiger charge is 2.46. The van der Waals surface area contributed by atoms with E-state index in [9.17, 15) is 13.2 Å². The zero-order chi connectivity index (χ0) is 20.9. The Morgan fingerprint density at radius 3 is 2.90 bits per heavy atom. The summed E-state index contributed by atoms with van der Waals surface area (Å²) in [5.41, 5.74) is 1.29. The van der Waals surface area contributed by atoms with Crippen LogP contribution in [0.1, 0.15) is 35.8 Å². The molecule has 1 aliphatic carbocycles. The summed E-state index contributed by atoms with van der Waals surface area (Å²) < 4.78 is 35.0. The summed E-state index contributed by atoms with van der Waals surface area (Å²) in [6, 6.07) is 5.06. The highest BCUT2D eigenvalue weighted by Crippen LogP contribution is 2.41. The third-order valence-electron chi connectivity index (χ3n) is 6.80. The molecule has 9 nitrogen and oxygen atoms in total. The van der Waals surface area contributed by atoms with E-state index in [1.807, 2.05) is 6.07 Å². The van der Waals surface area contributed by atoms with E-state index < -0.39 is 10.0 Å². The second-order valence-electron chi connectivity index (χ2n) is 8.53. The Morgan fingerprint density at radius 2 is 2.10 bits per heavy atom. The Bertz CT molecular complexity index is 1060. The van der Waals surface area contributed by atoms with Crippen LogP contribution in [0.25, 0.3) is 0 Å². The van der Waals surface area contributed by atoms with Crippen molar-refractivity contribution in [1.82, 2.24) is 25.0 Å². The molecule has 3 heterocycles. The second kappa shape index (κ2) is 7.35. The quantitative estimate of drug-likeness (QED) is 0.751. The van der Waals surface area contributed by atoms with Gasteiger partial charge in [-0.1, -0.05) is 24.3 Å². The van der Waals surface area contributed by atoms with E-state index in [-0.39, 0.29) is 28.7 Å². The first-order valence-corrected chi connectivity index (χ1v) is 11.8. The number of para-hydroxylation sites is 1. The molecule has 1 saturated heterocycles. The van der Waals surface area contributed by atoms with Crippen molar-refractivity contribution in [2.45, 2.75) is 37.1 Å². The Hall–Kier alpha value is -2.46. The third-order valence-corrected chi connectivity index (χ3v) is 8.31. The summed E-state index contributed by atoms with van der Waals surface area (Å²) in [6.07, 6.45) is 3.82.